The highest BCUT2D eigenvalue weighted by atomic mass is 32.2. The molecule has 2 aromatic rings. The molecule has 0 unspecified atom stereocenters. The normalized spacial score (nSPS) is 11.7. The van der Waals surface area contributed by atoms with Gasteiger partial charge in [0.1, 0.15) is 0 Å². The highest BCUT2D eigenvalue weighted by Gasteiger charge is 2.14. The Morgan fingerprint density at radius 1 is 1.05 bits per heavy atom. The number of unbranched alkanes of at least 4 members (excludes halogenated alkanes) is 2. The molecule has 0 aliphatic heterocycles. The minimum Gasteiger partial charge on any atom is -0.396 e. The average Bonchev–Trinajstić information content (AvgIpc) is 2.92. The van der Waals surface area contributed by atoms with Crippen molar-refractivity contribution >= 4 is 9.84 Å². The third-order valence-electron chi connectivity index (χ3n) is 3.15. The van der Waals surface area contributed by atoms with Crippen molar-refractivity contribution in [1.29, 1.82) is 0 Å². The molecular weight excluding hydrogens is 288 g/mol. The van der Waals surface area contributed by atoms with Gasteiger partial charge in [-0.2, -0.15) is 5.10 Å². The molecule has 0 aliphatic rings. The van der Waals surface area contributed by atoms with Crippen LogP contribution >= 0.6 is 0 Å². The van der Waals surface area contributed by atoms with E-state index in [2.05, 4.69) is 5.10 Å². The molecule has 0 amide bonds. The predicted octanol–water partition coefficient (Wildman–Crippen LogP) is 1.95. The lowest BCUT2D eigenvalue weighted by Gasteiger charge is -2.03. The molecule has 0 atom stereocenters. The lowest BCUT2D eigenvalue weighted by atomic mass is 10.3. The maximum atomic E-state index is 12.0. The second-order valence-electron chi connectivity index (χ2n) is 4.96. The maximum absolute atomic E-state index is 12.0. The van der Waals surface area contributed by atoms with E-state index in [1.807, 2.05) is 30.3 Å². The van der Waals surface area contributed by atoms with Gasteiger partial charge in [0.25, 0.3) is 0 Å². The molecule has 6 heteroatoms. The van der Waals surface area contributed by atoms with Crippen molar-refractivity contribution in [2.45, 2.75) is 25.0 Å². The minimum absolute atomic E-state index is 0.0358. The molecule has 114 valence electrons. The fourth-order valence-electron chi connectivity index (χ4n) is 2.07. The van der Waals surface area contributed by atoms with Gasteiger partial charge < -0.3 is 5.11 Å². The van der Waals surface area contributed by atoms with Crippen molar-refractivity contribution in [3.05, 3.63) is 48.3 Å². The number of aromatic nitrogens is 2. The summed E-state index contributed by atoms with van der Waals surface area (Å²) in [6, 6.07) is 11.3. The van der Waals surface area contributed by atoms with Crippen LogP contribution in [0.2, 0.25) is 0 Å². The molecule has 0 aliphatic carbocycles. The average molecular weight is 308 g/mol. The van der Waals surface area contributed by atoms with E-state index < -0.39 is 9.84 Å². The summed E-state index contributed by atoms with van der Waals surface area (Å²) >= 11 is 0. The number of sulfone groups is 1. The number of benzene rings is 1. The van der Waals surface area contributed by atoms with Gasteiger partial charge in [-0.05, 0) is 31.0 Å². The lowest BCUT2D eigenvalue weighted by molar-refractivity contribution is 0.284. The van der Waals surface area contributed by atoms with Gasteiger partial charge in [0.15, 0.2) is 9.84 Å². The second kappa shape index (κ2) is 7.38. The third kappa shape index (κ3) is 4.99. The minimum atomic E-state index is -3.14. The lowest BCUT2D eigenvalue weighted by Crippen LogP contribution is -2.10. The molecule has 0 bridgehead atoms. The molecule has 0 spiro atoms. The molecule has 2 rings (SSSR count). The standard InChI is InChI=1S/C15H20N2O3S/c18-11-5-2-6-12-21(19,20)13-14-9-10-17(16-14)15-7-3-1-4-8-15/h1,3-4,7-10,18H,2,5-6,11-13H2. The number of hydrogen-bond donors (Lipinski definition) is 1. The monoisotopic (exact) mass is 308 g/mol. The van der Waals surface area contributed by atoms with Crippen molar-refractivity contribution < 1.29 is 13.5 Å². The first kappa shape index (κ1) is 15.7. The first-order valence-corrected chi connectivity index (χ1v) is 8.84. The summed E-state index contributed by atoms with van der Waals surface area (Å²) in [6.07, 6.45) is 3.74. The van der Waals surface area contributed by atoms with E-state index in [0.717, 1.165) is 12.1 Å². The summed E-state index contributed by atoms with van der Waals surface area (Å²) in [6.45, 7) is 0.113. The summed E-state index contributed by atoms with van der Waals surface area (Å²) in [5.74, 6) is 0.108. The van der Waals surface area contributed by atoms with Crippen LogP contribution in [-0.2, 0) is 15.6 Å². The smallest absolute Gasteiger partial charge is 0.156 e. The Hall–Kier alpha value is -1.66. The Kier molecular flexibility index (Phi) is 5.52. The van der Waals surface area contributed by atoms with Crippen molar-refractivity contribution in [1.82, 2.24) is 9.78 Å². The topological polar surface area (TPSA) is 72.2 Å². The van der Waals surface area contributed by atoms with Crippen molar-refractivity contribution in [3.63, 3.8) is 0 Å². The van der Waals surface area contributed by atoms with Gasteiger partial charge >= 0.3 is 0 Å². The van der Waals surface area contributed by atoms with Gasteiger partial charge in [-0.25, -0.2) is 13.1 Å². The van der Waals surface area contributed by atoms with Gasteiger partial charge in [-0.1, -0.05) is 24.6 Å². The number of aliphatic hydroxyl groups excluding tert-OH is 1. The van der Waals surface area contributed by atoms with Crippen LogP contribution in [0.25, 0.3) is 5.69 Å². The highest BCUT2D eigenvalue weighted by molar-refractivity contribution is 7.90. The third-order valence-corrected chi connectivity index (χ3v) is 4.79. The van der Waals surface area contributed by atoms with Crippen molar-refractivity contribution in [3.8, 4) is 5.69 Å². The number of hydrogen-bond acceptors (Lipinski definition) is 4. The SMILES string of the molecule is O=S(=O)(CCCCCO)Cc1ccn(-c2ccccc2)n1. The van der Waals surface area contributed by atoms with Gasteiger partial charge in [0, 0.05) is 12.8 Å². The van der Waals surface area contributed by atoms with E-state index in [-0.39, 0.29) is 18.1 Å². The van der Waals surface area contributed by atoms with Crippen LogP contribution < -0.4 is 0 Å². The van der Waals surface area contributed by atoms with Crippen molar-refractivity contribution in [2.24, 2.45) is 0 Å². The summed E-state index contributed by atoms with van der Waals surface area (Å²) in [5, 5.41) is 13.0. The fourth-order valence-corrected chi connectivity index (χ4v) is 3.46. The second-order valence-corrected chi connectivity index (χ2v) is 7.15. The van der Waals surface area contributed by atoms with Crippen LogP contribution in [0.15, 0.2) is 42.6 Å². The number of nitrogens with zero attached hydrogens (tertiary/aromatic N) is 2. The zero-order chi connectivity index (χ0) is 15.1. The van der Waals surface area contributed by atoms with Gasteiger partial charge in [0.05, 0.1) is 22.9 Å². The molecule has 0 saturated carbocycles. The quantitative estimate of drug-likeness (QED) is 0.757. The van der Waals surface area contributed by atoms with E-state index in [0.29, 0.717) is 18.5 Å². The van der Waals surface area contributed by atoms with Crippen LogP contribution in [0.5, 0.6) is 0 Å². The van der Waals surface area contributed by atoms with Crippen LogP contribution in [0.4, 0.5) is 0 Å². The highest BCUT2D eigenvalue weighted by Crippen LogP contribution is 2.10. The largest absolute Gasteiger partial charge is 0.396 e. The zero-order valence-electron chi connectivity index (χ0n) is 11.9. The van der Waals surface area contributed by atoms with Gasteiger partial charge in [-0.3, -0.25) is 0 Å². The Morgan fingerprint density at radius 3 is 2.52 bits per heavy atom. The summed E-state index contributed by atoms with van der Waals surface area (Å²) in [7, 11) is -3.14. The molecule has 1 aromatic heterocycles. The molecule has 0 fully saturated rings. The summed E-state index contributed by atoms with van der Waals surface area (Å²) in [5.41, 5.74) is 1.46. The van der Waals surface area contributed by atoms with Crippen LogP contribution in [-0.4, -0.2) is 35.7 Å². The van der Waals surface area contributed by atoms with E-state index in [1.54, 1.807) is 16.9 Å². The maximum Gasteiger partial charge on any atom is 0.156 e. The Morgan fingerprint density at radius 2 is 1.81 bits per heavy atom. The summed E-state index contributed by atoms with van der Waals surface area (Å²) < 4.78 is 25.7. The summed E-state index contributed by atoms with van der Waals surface area (Å²) in [4.78, 5) is 0. The van der Waals surface area contributed by atoms with Gasteiger partial charge in [-0.15, -0.1) is 0 Å². The van der Waals surface area contributed by atoms with Crippen LogP contribution in [0, 0.1) is 0 Å². The van der Waals surface area contributed by atoms with Crippen LogP contribution in [0.3, 0.4) is 0 Å². The first-order chi connectivity index (χ1) is 10.1. The van der Waals surface area contributed by atoms with Crippen LogP contribution in [0.1, 0.15) is 25.0 Å². The van der Waals surface area contributed by atoms with E-state index in [1.165, 1.54) is 0 Å². The fraction of sp³-hybridized carbons (Fsp3) is 0.400. The molecule has 0 radical (unpaired) electrons. The molecule has 21 heavy (non-hydrogen) atoms. The first-order valence-electron chi connectivity index (χ1n) is 7.02. The molecule has 1 heterocycles. The predicted molar refractivity (Wildman–Crippen MR) is 82.0 cm³/mol. The number of aliphatic hydroxyl groups is 1. The molecule has 1 aromatic carbocycles. The zero-order valence-corrected chi connectivity index (χ0v) is 12.7. The Labute approximate surface area is 125 Å². The molecule has 0 saturated heterocycles. The van der Waals surface area contributed by atoms with E-state index >= 15 is 0 Å². The van der Waals surface area contributed by atoms with E-state index in [4.69, 9.17) is 5.11 Å². The number of para-hydroxylation sites is 1. The number of rotatable bonds is 8. The Balaban J connectivity index is 1.96. The molecule has 5 nitrogen and oxygen atoms in total. The molecular formula is C15H20N2O3S. The Bertz CT molecular complexity index is 651. The van der Waals surface area contributed by atoms with E-state index in [9.17, 15) is 8.42 Å². The van der Waals surface area contributed by atoms with Gasteiger partial charge in [0.2, 0.25) is 0 Å². The molecule has 1 N–H and O–H groups in total. The van der Waals surface area contributed by atoms with Crippen molar-refractivity contribution in [2.75, 3.05) is 12.4 Å².